The van der Waals surface area contributed by atoms with Crippen LogP contribution < -0.4 is 4.74 Å². The zero-order valence-electron chi connectivity index (χ0n) is 9.82. The van der Waals surface area contributed by atoms with Gasteiger partial charge in [0.15, 0.2) is 0 Å². The van der Waals surface area contributed by atoms with Gasteiger partial charge in [-0.15, -0.1) is 0 Å². The first-order valence-corrected chi connectivity index (χ1v) is 6.08. The number of nitrogens with zero attached hydrogens (tertiary/aromatic N) is 2. The van der Waals surface area contributed by atoms with E-state index in [-0.39, 0.29) is 22.9 Å². The third-order valence-corrected chi connectivity index (χ3v) is 2.94. The molecule has 0 aliphatic rings. The molecule has 0 saturated carbocycles. The summed E-state index contributed by atoms with van der Waals surface area (Å²) in [4.78, 5) is 25.1. The second kappa shape index (κ2) is 5.66. The van der Waals surface area contributed by atoms with Crippen molar-refractivity contribution in [2.24, 2.45) is 0 Å². The summed E-state index contributed by atoms with van der Waals surface area (Å²) >= 11 is 3.19. The number of nitro benzene ring substituents is 1. The summed E-state index contributed by atoms with van der Waals surface area (Å²) in [5, 5.41) is 19.8. The summed E-state index contributed by atoms with van der Waals surface area (Å²) in [5.74, 6) is -1.28. The van der Waals surface area contributed by atoms with Crippen molar-refractivity contribution in [2.75, 3.05) is 0 Å². The molecule has 1 aromatic heterocycles. The summed E-state index contributed by atoms with van der Waals surface area (Å²) in [5.41, 5.74) is -0.454. The molecule has 0 aliphatic heterocycles. The number of carboxylic acid groups (broad SMARTS) is 1. The van der Waals surface area contributed by atoms with Crippen LogP contribution in [0.25, 0.3) is 0 Å². The van der Waals surface area contributed by atoms with Gasteiger partial charge >= 0.3 is 11.7 Å². The van der Waals surface area contributed by atoms with Crippen LogP contribution in [0.15, 0.2) is 41.0 Å². The fourth-order valence-corrected chi connectivity index (χ4v) is 1.77. The SMILES string of the molecule is O=C(O)c1ccc([N+](=O)[O-])c(Oc2ncccc2Br)c1. The van der Waals surface area contributed by atoms with Gasteiger partial charge in [-0.1, -0.05) is 0 Å². The van der Waals surface area contributed by atoms with E-state index in [1.165, 1.54) is 6.20 Å². The maximum absolute atomic E-state index is 10.9. The van der Waals surface area contributed by atoms with Crippen molar-refractivity contribution in [3.8, 4) is 11.6 Å². The molecule has 0 spiro atoms. The van der Waals surface area contributed by atoms with Crippen LogP contribution in [0.5, 0.6) is 11.6 Å². The first-order valence-electron chi connectivity index (χ1n) is 5.29. The first-order chi connectivity index (χ1) is 9.49. The summed E-state index contributed by atoms with van der Waals surface area (Å²) in [6.45, 7) is 0. The minimum absolute atomic E-state index is 0.109. The van der Waals surface area contributed by atoms with E-state index in [0.717, 1.165) is 18.2 Å². The molecule has 0 bridgehead atoms. The van der Waals surface area contributed by atoms with Gasteiger partial charge in [0.2, 0.25) is 11.6 Å². The molecule has 1 N–H and O–H groups in total. The lowest BCUT2D eigenvalue weighted by Crippen LogP contribution is -2.00. The highest BCUT2D eigenvalue weighted by molar-refractivity contribution is 9.10. The molecule has 0 aliphatic carbocycles. The van der Waals surface area contributed by atoms with E-state index in [1.807, 2.05) is 0 Å². The minimum atomic E-state index is -1.20. The lowest BCUT2D eigenvalue weighted by atomic mass is 10.2. The Bertz CT molecular complexity index is 689. The van der Waals surface area contributed by atoms with Crippen molar-refractivity contribution in [1.29, 1.82) is 0 Å². The van der Waals surface area contributed by atoms with Gasteiger partial charge in [-0.3, -0.25) is 10.1 Å². The lowest BCUT2D eigenvalue weighted by molar-refractivity contribution is -0.385. The Morgan fingerprint density at radius 2 is 2.15 bits per heavy atom. The molecule has 0 radical (unpaired) electrons. The van der Waals surface area contributed by atoms with E-state index in [4.69, 9.17) is 9.84 Å². The number of halogens is 1. The third kappa shape index (κ3) is 2.91. The van der Waals surface area contributed by atoms with Crippen LogP contribution in [-0.4, -0.2) is 21.0 Å². The molecular weight excluding hydrogens is 332 g/mol. The Labute approximate surface area is 121 Å². The maximum Gasteiger partial charge on any atom is 0.335 e. The number of hydrogen-bond donors (Lipinski definition) is 1. The average molecular weight is 339 g/mol. The van der Waals surface area contributed by atoms with Gasteiger partial charge in [0.25, 0.3) is 0 Å². The van der Waals surface area contributed by atoms with Crippen molar-refractivity contribution < 1.29 is 19.6 Å². The molecule has 0 fully saturated rings. The number of ether oxygens (including phenoxy) is 1. The summed E-state index contributed by atoms with van der Waals surface area (Å²) in [6.07, 6.45) is 1.45. The molecule has 2 aromatic rings. The predicted molar refractivity (Wildman–Crippen MR) is 72.1 cm³/mol. The number of carbonyl (C=O) groups is 1. The number of aromatic nitrogens is 1. The standard InChI is InChI=1S/C12H7BrN2O5/c13-8-2-1-5-14-11(8)20-10-6-7(12(16)17)3-4-9(10)15(18)19/h1-6H,(H,16,17). The van der Waals surface area contributed by atoms with Crippen LogP contribution in [0, 0.1) is 10.1 Å². The van der Waals surface area contributed by atoms with Gasteiger partial charge in [0, 0.05) is 18.3 Å². The van der Waals surface area contributed by atoms with Gasteiger partial charge in [-0.2, -0.15) is 0 Å². The highest BCUT2D eigenvalue weighted by Gasteiger charge is 2.19. The molecule has 1 heterocycles. The van der Waals surface area contributed by atoms with Crippen LogP contribution in [0.2, 0.25) is 0 Å². The molecule has 0 atom stereocenters. The van der Waals surface area contributed by atoms with Crippen molar-refractivity contribution in [2.45, 2.75) is 0 Å². The smallest absolute Gasteiger partial charge is 0.335 e. The van der Waals surface area contributed by atoms with Crippen molar-refractivity contribution >= 4 is 27.6 Å². The molecule has 1 aromatic carbocycles. The topological polar surface area (TPSA) is 103 Å². The lowest BCUT2D eigenvalue weighted by Gasteiger charge is -2.07. The van der Waals surface area contributed by atoms with Crippen LogP contribution in [-0.2, 0) is 0 Å². The number of benzene rings is 1. The van der Waals surface area contributed by atoms with E-state index in [0.29, 0.717) is 4.47 Å². The molecule has 102 valence electrons. The van der Waals surface area contributed by atoms with Gasteiger partial charge in [-0.05, 0) is 34.1 Å². The van der Waals surface area contributed by atoms with Crippen LogP contribution >= 0.6 is 15.9 Å². The number of nitro groups is 1. The minimum Gasteiger partial charge on any atom is -0.478 e. The van der Waals surface area contributed by atoms with Gasteiger partial charge in [-0.25, -0.2) is 9.78 Å². The molecule has 0 amide bonds. The summed E-state index contributed by atoms with van der Waals surface area (Å²) in [6, 6.07) is 6.60. The molecular formula is C12H7BrN2O5. The van der Waals surface area contributed by atoms with E-state index in [2.05, 4.69) is 20.9 Å². The van der Waals surface area contributed by atoms with Crippen molar-refractivity contribution in [3.63, 3.8) is 0 Å². The summed E-state index contributed by atoms with van der Waals surface area (Å²) < 4.78 is 5.82. The molecule has 2 rings (SSSR count). The fraction of sp³-hybridized carbons (Fsp3) is 0. The largest absolute Gasteiger partial charge is 0.478 e. The zero-order valence-corrected chi connectivity index (χ0v) is 11.4. The second-order valence-corrected chi connectivity index (χ2v) is 4.49. The van der Waals surface area contributed by atoms with Crippen LogP contribution in [0.3, 0.4) is 0 Å². The maximum atomic E-state index is 10.9. The summed E-state index contributed by atoms with van der Waals surface area (Å²) in [7, 11) is 0. The Balaban J connectivity index is 2.48. The fourth-order valence-electron chi connectivity index (χ4n) is 1.43. The molecule has 0 saturated heterocycles. The second-order valence-electron chi connectivity index (χ2n) is 3.64. The van der Waals surface area contributed by atoms with Crippen LogP contribution in [0.1, 0.15) is 10.4 Å². The molecule has 7 nitrogen and oxygen atoms in total. The third-order valence-electron chi connectivity index (χ3n) is 2.33. The number of rotatable bonds is 4. The van der Waals surface area contributed by atoms with Gasteiger partial charge in [0.1, 0.15) is 0 Å². The monoisotopic (exact) mass is 338 g/mol. The molecule has 20 heavy (non-hydrogen) atoms. The van der Waals surface area contributed by atoms with Crippen molar-refractivity contribution in [1.82, 2.24) is 4.98 Å². The zero-order chi connectivity index (χ0) is 14.7. The number of carboxylic acids is 1. The Hall–Kier alpha value is -2.48. The predicted octanol–water partition coefficient (Wildman–Crippen LogP) is 3.24. The first kappa shape index (κ1) is 13.9. The van der Waals surface area contributed by atoms with E-state index in [9.17, 15) is 14.9 Å². The Kier molecular flexibility index (Phi) is 3.94. The highest BCUT2D eigenvalue weighted by atomic mass is 79.9. The number of pyridine rings is 1. The molecule has 8 heteroatoms. The Morgan fingerprint density at radius 3 is 2.75 bits per heavy atom. The normalized spacial score (nSPS) is 10.1. The van der Waals surface area contributed by atoms with Crippen LogP contribution in [0.4, 0.5) is 5.69 Å². The number of aromatic carboxylic acids is 1. The van der Waals surface area contributed by atoms with E-state index >= 15 is 0 Å². The average Bonchev–Trinajstić information content (AvgIpc) is 2.41. The van der Waals surface area contributed by atoms with Gasteiger partial charge in [0.05, 0.1) is 15.0 Å². The van der Waals surface area contributed by atoms with E-state index < -0.39 is 10.9 Å². The quantitative estimate of drug-likeness (QED) is 0.678. The van der Waals surface area contributed by atoms with E-state index in [1.54, 1.807) is 12.1 Å². The Morgan fingerprint density at radius 1 is 1.40 bits per heavy atom. The number of hydrogen-bond acceptors (Lipinski definition) is 5. The molecule has 0 unspecified atom stereocenters. The highest BCUT2D eigenvalue weighted by Crippen LogP contribution is 2.34. The van der Waals surface area contributed by atoms with Gasteiger partial charge < -0.3 is 9.84 Å². The van der Waals surface area contributed by atoms with Crippen molar-refractivity contribution in [3.05, 3.63) is 56.7 Å².